The Kier molecular flexibility index (Phi) is 5.73. The molecule has 0 aromatic rings. The fourth-order valence-electron chi connectivity index (χ4n) is 3.54. The number of nitrogens with zero attached hydrogens (tertiary/aromatic N) is 2. The van der Waals surface area contributed by atoms with Crippen molar-refractivity contribution in [2.45, 2.75) is 50.7 Å². The Morgan fingerprint density at radius 2 is 1.95 bits per heavy atom. The molecule has 0 aliphatic carbocycles. The molecule has 3 aliphatic rings. The van der Waals surface area contributed by atoms with Gasteiger partial charge in [-0.2, -0.15) is 0 Å². The second kappa shape index (κ2) is 7.97. The van der Waals surface area contributed by atoms with Gasteiger partial charge in [-0.25, -0.2) is 0 Å². The quantitative estimate of drug-likeness (QED) is 0.750. The van der Waals surface area contributed by atoms with Crippen molar-refractivity contribution in [2.75, 3.05) is 39.3 Å². The molecule has 22 heavy (non-hydrogen) atoms. The van der Waals surface area contributed by atoms with E-state index in [0.29, 0.717) is 6.54 Å². The Labute approximate surface area is 133 Å². The van der Waals surface area contributed by atoms with Gasteiger partial charge in [-0.05, 0) is 44.6 Å². The molecule has 5 heteroatoms. The first kappa shape index (κ1) is 15.8. The van der Waals surface area contributed by atoms with E-state index in [1.54, 1.807) is 6.26 Å². The molecular formula is C17H28N2O3. The number of amides is 1. The molecule has 0 bridgehead atoms. The van der Waals surface area contributed by atoms with Crippen LogP contribution in [0.25, 0.3) is 0 Å². The summed E-state index contributed by atoms with van der Waals surface area (Å²) in [6.07, 6.45) is 11.0. The van der Waals surface area contributed by atoms with Gasteiger partial charge in [0.15, 0.2) is 0 Å². The molecule has 0 aromatic heterocycles. The lowest BCUT2D eigenvalue weighted by Crippen LogP contribution is -2.45. The summed E-state index contributed by atoms with van der Waals surface area (Å²) < 4.78 is 11.5. The highest BCUT2D eigenvalue weighted by molar-refractivity contribution is 5.78. The maximum Gasteiger partial charge on any atom is 0.236 e. The van der Waals surface area contributed by atoms with Gasteiger partial charge >= 0.3 is 0 Å². The molecule has 0 N–H and O–H groups in total. The van der Waals surface area contributed by atoms with Crippen LogP contribution in [0.2, 0.25) is 0 Å². The first-order valence-corrected chi connectivity index (χ1v) is 8.73. The van der Waals surface area contributed by atoms with Gasteiger partial charge in [0, 0.05) is 32.8 Å². The van der Waals surface area contributed by atoms with E-state index in [1.807, 2.05) is 4.90 Å². The molecule has 3 aliphatic heterocycles. The highest BCUT2D eigenvalue weighted by Gasteiger charge is 2.26. The van der Waals surface area contributed by atoms with Gasteiger partial charge in [-0.3, -0.25) is 9.69 Å². The number of allylic oxidation sites excluding steroid dienone is 1. The first-order chi connectivity index (χ1) is 10.8. The van der Waals surface area contributed by atoms with E-state index in [2.05, 4.69) is 11.0 Å². The van der Waals surface area contributed by atoms with Gasteiger partial charge in [0.2, 0.25) is 5.91 Å². The third kappa shape index (κ3) is 4.46. The summed E-state index contributed by atoms with van der Waals surface area (Å²) in [5.41, 5.74) is 0. The number of rotatable bonds is 6. The molecule has 2 atom stereocenters. The standard InChI is InChI=1S/C17H28N2O3/c20-17(19-8-2-3-9-19)14-18(13-16-7-5-11-22-16)12-15-6-1-4-10-21-15/h4,10,15-16H,1-3,5-9,11-14H2/t15-,16+/m1/s1. The Hall–Kier alpha value is -1.07. The van der Waals surface area contributed by atoms with Crippen molar-refractivity contribution in [3.05, 3.63) is 12.3 Å². The van der Waals surface area contributed by atoms with Crippen LogP contribution in [0, 0.1) is 0 Å². The van der Waals surface area contributed by atoms with E-state index >= 15 is 0 Å². The SMILES string of the molecule is O=C(CN(C[C@H]1CCC=CO1)C[C@@H]1CCCO1)N1CCCC1. The fraction of sp³-hybridized carbons (Fsp3) is 0.824. The van der Waals surface area contributed by atoms with Crippen LogP contribution in [-0.2, 0) is 14.3 Å². The number of carbonyl (C=O) groups is 1. The third-order valence-electron chi connectivity index (χ3n) is 4.79. The van der Waals surface area contributed by atoms with Crippen molar-refractivity contribution in [2.24, 2.45) is 0 Å². The van der Waals surface area contributed by atoms with Crippen molar-refractivity contribution in [3.8, 4) is 0 Å². The topological polar surface area (TPSA) is 42.0 Å². The maximum atomic E-state index is 12.5. The molecule has 2 fully saturated rings. The van der Waals surface area contributed by atoms with E-state index in [-0.39, 0.29) is 18.1 Å². The molecule has 5 nitrogen and oxygen atoms in total. The van der Waals surface area contributed by atoms with Crippen molar-refractivity contribution in [1.29, 1.82) is 0 Å². The molecule has 124 valence electrons. The normalized spacial score (nSPS) is 28.3. The lowest BCUT2D eigenvalue weighted by Gasteiger charge is -2.30. The van der Waals surface area contributed by atoms with E-state index in [0.717, 1.165) is 71.3 Å². The van der Waals surface area contributed by atoms with Crippen LogP contribution in [0.4, 0.5) is 0 Å². The molecule has 0 aromatic carbocycles. The van der Waals surface area contributed by atoms with Gasteiger partial charge in [0.1, 0.15) is 6.10 Å². The predicted octanol–water partition coefficient (Wildman–Crippen LogP) is 1.78. The maximum absolute atomic E-state index is 12.5. The fourth-order valence-corrected chi connectivity index (χ4v) is 3.54. The Bertz CT molecular complexity index is 387. The summed E-state index contributed by atoms with van der Waals surface area (Å²) in [5, 5.41) is 0. The molecule has 2 saturated heterocycles. The number of likely N-dealkylation sites (tertiary alicyclic amines) is 1. The van der Waals surface area contributed by atoms with Gasteiger partial charge in [-0.15, -0.1) is 0 Å². The van der Waals surface area contributed by atoms with Crippen molar-refractivity contribution in [1.82, 2.24) is 9.80 Å². The predicted molar refractivity (Wildman–Crippen MR) is 84.5 cm³/mol. The summed E-state index contributed by atoms with van der Waals surface area (Å²) >= 11 is 0. The average molecular weight is 308 g/mol. The third-order valence-corrected chi connectivity index (χ3v) is 4.79. The van der Waals surface area contributed by atoms with Gasteiger partial charge in [0.25, 0.3) is 0 Å². The second-order valence-corrected chi connectivity index (χ2v) is 6.62. The molecule has 1 amide bonds. The van der Waals surface area contributed by atoms with E-state index in [1.165, 1.54) is 0 Å². The Morgan fingerprint density at radius 1 is 1.14 bits per heavy atom. The molecule has 3 heterocycles. The number of carbonyl (C=O) groups excluding carboxylic acids is 1. The van der Waals surface area contributed by atoms with Crippen molar-refractivity contribution < 1.29 is 14.3 Å². The average Bonchev–Trinajstić information content (AvgIpc) is 3.21. The second-order valence-electron chi connectivity index (χ2n) is 6.62. The van der Waals surface area contributed by atoms with Gasteiger partial charge < -0.3 is 14.4 Å². The summed E-state index contributed by atoms with van der Waals surface area (Å²) in [5.74, 6) is 0.266. The van der Waals surface area contributed by atoms with Crippen LogP contribution in [-0.4, -0.2) is 67.2 Å². The number of ether oxygens (including phenoxy) is 2. The minimum absolute atomic E-state index is 0.206. The smallest absolute Gasteiger partial charge is 0.236 e. The Morgan fingerprint density at radius 3 is 2.64 bits per heavy atom. The van der Waals surface area contributed by atoms with Crippen LogP contribution in [0.15, 0.2) is 12.3 Å². The molecule has 3 rings (SSSR count). The van der Waals surface area contributed by atoms with E-state index < -0.39 is 0 Å². The Balaban J connectivity index is 1.54. The summed E-state index contributed by atoms with van der Waals surface area (Å²) in [6, 6.07) is 0. The van der Waals surface area contributed by atoms with Crippen molar-refractivity contribution in [3.63, 3.8) is 0 Å². The molecule has 0 saturated carbocycles. The largest absolute Gasteiger partial charge is 0.497 e. The molecular weight excluding hydrogens is 280 g/mol. The van der Waals surface area contributed by atoms with Crippen LogP contribution < -0.4 is 0 Å². The summed E-state index contributed by atoms with van der Waals surface area (Å²) in [4.78, 5) is 16.7. The lowest BCUT2D eigenvalue weighted by molar-refractivity contribution is -0.132. The highest BCUT2D eigenvalue weighted by Crippen LogP contribution is 2.17. The van der Waals surface area contributed by atoms with Crippen LogP contribution in [0.5, 0.6) is 0 Å². The molecule has 0 radical (unpaired) electrons. The van der Waals surface area contributed by atoms with Crippen LogP contribution >= 0.6 is 0 Å². The van der Waals surface area contributed by atoms with Gasteiger partial charge in [0.05, 0.1) is 18.9 Å². The lowest BCUT2D eigenvalue weighted by atomic mass is 10.1. The van der Waals surface area contributed by atoms with Crippen LogP contribution in [0.3, 0.4) is 0 Å². The zero-order valence-electron chi connectivity index (χ0n) is 13.4. The van der Waals surface area contributed by atoms with E-state index in [9.17, 15) is 4.79 Å². The summed E-state index contributed by atoms with van der Waals surface area (Å²) in [6.45, 7) is 4.89. The number of hydrogen-bond acceptors (Lipinski definition) is 4. The summed E-state index contributed by atoms with van der Waals surface area (Å²) in [7, 11) is 0. The van der Waals surface area contributed by atoms with Gasteiger partial charge in [-0.1, -0.05) is 0 Å². The molecule has 0 unspecified atom stereocenters. The zero-order valence-corrected chi connectivity index (χ0v) is 13.4. The molecule has 0 spiro atoms. The van der Waals surface area contributed by atoms with Crippen LogP contribution in [0.1, 0.15) is 38.5 Å². The monoisotopic (exact) mass is 308 g/mol. The minimum atomic E-state index is 0.206. The first-order valence-electron chi connectivity index (χ1n) is 8.73. The highest BCUT2D eigenvalue weighted by atomic mass is 16.5. The van der Waals surface area contributed by atoms with E-state index in [4.69, 9.17) is 9.47 Å². The van der Waals surface area contributed by atoms with Crippen molar-refractivity contribution >= 4 is 5.91 Å². The zero-order chi connectivity index (χ0) is 15.2. The number of hydrogen-bond donors (Lipinski definition) is 0. The minimum Gasteiger partial charge on any atom is -0.497 e.